The summed E-state index contributed by atoms with van der Waals surface area (Å²) in [7, 11) is 0. The van der Waals surface area contributed by atoms with Gasteiger partial charge in [-0.25, -0.2) is 9.78 Å². The molecule has 0 radical (unpaired) electrons. The van der Waals surface area contributed by atoms with Crippen LogP contribution < -0.4 is 0 Å². The number of aromatic nitrogens is 2. The number of nitrogens with zero attached hydrogens (tertiary/aromatic N) is 2. The molecular weight excluding hydrogens is 285 g/mol. The number of imidazole rings is 1. The Balaban J connectivity index is 2.23. The molecule has 1 aliphatic carbocycles. The maximum absolute atomic E-state index is 13.2. The largest absolute Gasteiger partial charge is 0.478 e. The van der Waals surface area contributed by atoms with Gasteiger partial charge in [0.05, 0.1) is 16.6 Å². The molecule has 1 aromatic heterocycles. The fourth-order valence-electron chi connectivity index (χ4n) is 2.96. The first-order chi connectivity index (χ1) is 9.88. The third-order valence-corrected chi connectivity index (χ3v) is 3.88. The molecule has 21 heavy (non-hydrogen) atoms. The summed E-state index contributed by atoms with van der Waals surface area (Å²) >= 11 is 0. The van der Waals surface area contributed by atoms with Crippen molar-refractivity contribution in [2.45, 2.75) is 37.9 Å². The van der Waals surface area contributed by atoms with Gasteiger partial charge in [0, 0.05) is 6.04 Å². The van der Waals surface area contributed by atoms with Crippen molar-refractivity contribution < 1.29 is 23.1 Å². The topological polar surface area (TPSA) is 55.1 Å². The highest BCUT2D eigenvalue weighted by Crippen LogP contribution is 2.39. The van der Waals surface area contributed by atoms with E-state index in [0.717, 1.165) is 12.8 Å². The first-order valence-corrected chi connectivity index (χ1v) is 6.70. The maximum atomic E-state index is 13.2. The number of rotatable bonds is 2. The van der Waals surface area contributed by atoms with E-state index in [1.807, 2.05) is 0 Å². The van der Waals surface area contributed by atoms with Gasteiger partial charge in [-0.3, -0.25) is 0 Å². The van der Waals surface area contributed by atoms with Crippen LogP contribution in [0.15, 0.2) is 18.2 Å². The minimum absolute atomic E-state index is 0.0627. The van der Waals surface area contributed by atoms with Crippen molar-refractivity contribution in [2.24, 2.45) is 0 Å². The van der Waals surface area contributed by atoms with Crippen LogP contribution in [0.3, 0.4) is 0 Å². The molecule has 1 saturated carbocycles. The van der Waals surface area contributed by atoms with E-state index in [2.05, 4.69) is 4.98 Å². The van der Waals surface area contributed by atoms with E-state index in [1.54, 1.807) is 0 Å². The number of carboxylic acid groups (broad SMARTS) is 1. The van der Waals surface area contributed by atoms with Gasteiger partial charge in [0.2, 0.25) is 5.82 Å². The van der Waals surface area contributed by atoms with E-state index in [-0.39, 0.29) is 17.1 Å². The van der Waals surface area contributed by atoms with Crippen molar-refractivity contribution in [3.8, 4) is 0 Å². The van der Waals surface area contributed by atoms with Gasteiger partial charge in [-0.05, 0) is 31.0 Å². The molecule has 0 saturated heterocycles. The Kier molecular flexibility index (Phi) is 3.15. The fourth-order valence-corrected chi connectivity index (χ4v) is 2.96. The molecule has 1 aromatic carbocycles. The third-order valence-electron chi connectivity index (χ3n) is 3.88. The van der Waals surface area contributed by atoms with Crippen LogP contribution in [0.2, 0.25) is 0 Å². The van der Waals surface area contributed by atoms with Crippen LogP contribution in [-0.2, 0) is 6.18 Å². The number of alkyl halides is 3. The molecule has 4 nitrogen and oxygen atoms in total. The molecule has 0 amide bonds. The lowest BCUT2D eigenvalue weighted by molar-refractivity contribution is -0.147. The van der Waals surface area contributed by atoms with Crippen LogP contribution in [0.25, 0.3) is 11.0 Å². The zero-order chi connectivity index (χ0) is 15.2. The molecule has 0 atom stereocenters. The summed E-state index contributed by atoms with van der Waals surface area (Å²) in [5, 5.41) is 8.93. The number of hydrogen-bond donors (Lipinski definition) is 1. The molecule has 0 bridgehead atoms. The van der Waals surface area contributed by atoms with Crippen molar-refractivity contribution in [3.05, 3.63) is 29.6 Å². The lowest BCUT2D eigenvalue weighted by atomic mass is 10.2. The van der Waals surface area contributed by atoms with Crippen LogP contribution in [0.5, 0.6) is 0 Å². The predicted molar refractivity (Wildman–Crippen MR) is 69.2 cm³/mol. The molecule has 112 valence electrons. The van der Waals surface area contributed by atoms with Gasteiger partial charge in [0.1, 0.15) is 0 Å². The number of carbonyl (C=O) groups is 1. The second-order valence-corrected chi connectivity index (χ2v) is 5.25. The van der Waals surface area contributed by atoms with Crippen molar-refractivity contribution in [1.82, 2.24) is 9.55 Å². The van der Waals surface area contributed by atoms with Crippen LogP contribution >= 0.6 is 0 Å². The van der Waals surface area contributed by atoms with Crippen molar-refractivity contribution in [1.29, 1.82) is 0 Å². The first-order valence-electron chi connectivity index (χ1n) is 6.70. The van der Waals surface area contributed by atoms with E-state index in [1.165, 1.54) is 22.8 Å². The zero-order valence-electron chi connectivity index (χ0n) is 11.0. The highest BCUT2D eigenvalue weighted by Gasteiger charge is 2.39. The summed E-state index contributed by atoms with van der Waals surface area (Å²) in [6, 6.07) is 3.71. The van der Waals surface area contributed by atoms with Crippen molar-refractivity contribution in [2.75, 3.05) is 0 Å². The highest BCUT2D eigenvalue weighted by molar-refractivity contribution is 5.92. The average molecular weight is 298 g/mol. The molecule has 0 spiro atoms. The summed E-state index contributed by atoms with van der Waals surface area (Å²) in [6.45, 7) is 0. The monoisotopic (exact) mass is 298 g/mol. The standard InChI is InChI=1S/C14H13F3N2O2/c15-14(16,17)13-18-10-7-8(12(20)21)5-6-11(10)19(13)9-3-1-2-4-9/h5-7,9H,1-4H2,(H,20,21). The fraction of sp³-hybridized carbons (Fsp3) is 0.429. The number of fused-ring (bicyclic) bond motifs is 1. The highest BCUT2D eigenvalue weighted by atomic mass is 19.4. The van der Waals surface area contributed by atoms with Gasteiger partial charge in [0.15, 0.2) is 0 Å². The summed E-state index contributed by atoms with van der Waals surface area (Å²) < 4.78 is 40.8. The number of hydrogen-bond acceptors (Lipinski definition) is 2. The molecule has 0 aliphatic heterocycles. The first kappa shape index (κ1) is 13.9. The van der Waals surface area contributed by atoms with Crippen LogP contribution in [-0.4, -0.2) is 20.6 Å². The van der Waals surface area contributed by atoms with Gasteiger partial charge in [-0.2, -0.15) is 13.2 Å². The Hall–Kier alpha value is -2.05. The number of halogens is 3. The second kappa shape index (κ2) is 4.75. The van der Waals surface area contributed by atoms with E-state index >= 15 is 0 Å². The Morgan fingerprint density at radius 1 is 1.29 bits per heavy atom. The van der Waals surface area contributed by atoms with Gasteiger partial charge < -0.3 is 9.67 Å². The number of benzene rings is 1. The molecule has 2 aromatic rings. The molecular formula is C14H13F3N2O2. The Morgan fingerprint density at radius 3 is 2.52 bits per heavy atom. The molecule has 1 aliphatic rings. The summed E-state index contributed by atoms with van der Waals surface area (Å²) in [5.41, 5.74) is 0.362. The summed E-state index contributed by atoms with van der Waals surface area (Å²) in [4.78, 5) is 14.6. The summed E-state index contributed by atoms with van der Waals surface area (Å²) in [6.07, 6.45) is -1.38. The second-order valence-electron chi connectivity index (χ2n) is 5.25. The van der Waals surface area contributed by atoms with Gasteiger partial charge in [-0.1, -0.05) is 12.8 Å². The van der Waals surface area contributed by atoms with E-state index in [4.69, 9.17) is 5.11 Å². The SMILES string of the molecule is O=C(O)c1ccc2c(c1)nc(C(F)(F)F)n2C1CCCC1. The molecule has 1 heterocycles. The lowest BCUT2D eigenvalue weighted by Gasteiger charge is -2.17. The normalized spacial score (nSPS) is 16.7. The van der Waals surface area contributed by atoms with E-state index < -0.39 is 18.0 Å². The van der Waals surface area contributed by atoms with Crippen molar-refractivity contribution >= 4 is 17.0 Å². The van der Waals surface area contributed by atoms with Crippen LogP contribution in [0.1, 0.15) is 47.9 Å². The minimum atomic E-state index is -4.55. The van der Waals surface area contributed by atoms with E-state index in [9.17, 15) is 18.0 Å². The Bertz CT molecular complexity index is 700. The van der Waals surface area contributed by atoms with Crippen molar-refractivity contribution in [3.63, 3.8) is 0 Å². The smallest absolute Gasteiger partial charge is 0.449 e. The Labute approximate surface area is 118 Å². The van der Waals surface area contributed by atoms with Crippen LogP contribution in [0.4, 0.5) is 13.2 Å². The molecule has 1 fully saturated rings. The lowest BCUT2D eigenvalue weighted by Crippen LogP contribution is -2.17. The van der Waals surface area contributed by atoms with Gasteiger partial charge >= 0.3 is 12.1 Å². The van der Waals surface area contributed by atoms with Crippen LogP contribution in [0, 0.1) is 0 Å². The number of carboxylic acids is 1. The quantitative estimate of drug-likeness (QED) is 0.915. The molecule has 0 unspecified atom stereocenters. The number of aromatic carboxylic acids is 1. The predicted octanol–water partition coefficient (Wildman–Crippen LogP) is 3.87. The maximum Gasteiger partial charge on any atom is 0.449 e. The van der Waals surface area contributed by atoms with Gasteiger partial charge in [0.25, 0.3) is 0 Å². The van der Waals surface area contributed by atoms with E-state index in [0.29, 0.717) is 18.4 Å². The third kappa shape index (κ3) is 2.36. The van der Waals surface area contributed by atoms with Gasteiger partial charge in [-0.15, -0.1) is 0 Å². The molecule has 1 N–H and O–H groups in total. The Morgan fingerprint density at radius 2 is 1.95 bits per heavy atom. The molecule has 7 heteroatoms. The molecule has 3 rings (SSSR count). The summed E-state index contributed by atoms with van der Waals surface area (Å²) in [5.74, 6) is -2.12. The zero-order valence-corrected chi connectivity index (χ0v) is 11.0. The average Bonchev–Trinajstić information content (AvgIpc) is 3.03. The minimum Gasteiger partial charge on any atom is -0.478 e.